The van der Waals surface area contributed by atoms with Crippen molar-refractivity contribution in [3.63, 3.8) is 0 Å². The molecule has 0 fully saturated rings. The van der Waals surface area contributed by atoms with Gasteiger partial charge in [0.1, 0.15) is 24.4 Å². The number of aryl methyl sites for hydroxylation is 1. The Balaban J connectivity index is 1.75. The summed E-state index contributed by atoms with van der Waals surface area (Å²) >= 11 is 1.58. The molecule has 22 heavy (non-hydrogen) atoms. The van der Waals surface area contributed by atoms with E-state index in [4.69, 9.17) is 4.42 Å². The van der Waals surface area contributed by atoms with Gasteiger partial charge in [-0.05, 0) is 23.6 Å². The van der Waals surface area contributed by atoms with Crippen LogP contribution in [0, 0.1) is 6.92 Å². The van der Waals surface area contributed by atoms with Gasteiger partial charge in [0.15, 0.2) is 5.82 Å². The lowest BCUT2D eigenvalue weighted by Gasteiger charge is -1.95. The maximum Gasteiger partial charge on any atom is 0.313 e. The highest BCUT2D eigenvalue weighted by Gasteiger charge is 2.14. The second-order valence-electron chi connectivity index (χ2n) is 4.52. The molecular formula is C13H13N5O3S. The maximum atomic E-state index is 11.2. The van der Waals surface area contributed by atoms with Crippen molar-refractivity contribution in [2.75, 3.05) is 7.11 Å². The topological polar surface area (TPSA) is 95.9 Å². The molecule has 0 aliphatic heterocycles. The predicted octanol–water partition coefficient (Wildman–Crippen LogP) is 1.46. The number of rotatable bonds is 5. The summed E-state index contributed by atoms with van der Waals surface area (Å²) < 4.78 is 10.2. The summed E-state index contributed by atoms with van der Waals surface area (Å²) in [4.78, 5) is 17.0. The zero-order valence-electron chi connectivity index (χ0n) is 12.0. The van der Waals surface area contributed by atoms with Gasteiger partial charge in [-0.3, -0.25) is 4.79 Å². The van der Waals surface area contributed by atoms with E-state index in [-0.39, 0.29) is 6.42 Å². The molecular weight excluding hydrogens is 306 g/mol. The number of carbonyl (C=O) groups is 1. The van der Waals surface area contributed by atoms with E-state index in [1.54, 1.807) is 11.3 Å². The van der Waals surface area contributed by atoms with Gasteiger partial charge in [0.05, 0.1) is 7.11 Å². The van der Waals surface area contributed by atoms with E-state index in [1.807, 2.05) is 23.8 Å². The van der Waals surface area contributed by atoms with Crippen LogP contribution in [-0.2, 0) is 22.5 Å². The molecule has 0 bridgehead atoms. The van der Waals surface area contributed by atoms with Crippen LogP contribution in [0.4, 0.5) is 0 Å². The Morgan fingerprint density at radius 3 is 3.09 bits per heavy atom. The molecule has 9 heteroatoms. The molecule has 3 aromatic rings. The second-order valence-corrected chi connectivity index (χ2v) is 5.30. The van der Waals surface area contributed by atoms with Crippen molar-refractivity contribution in [3.05, 3.63) is 34.1 Å². The first-order valence-electron chi connectivity index (χ1n) is 6.48. The van der Waals surface area contributed by atoms with Crippen molar-refractivity contribution in [2.45, 2.75) is 19.9 Å². The molecule has 3 heterocycles. The van der Waals surface area contributed by atoms with Crippen molar-refractivity contribution in [2.24, 2.45) is 0 Å². The van der Waals surface area contributed by atoms with Crippen LogP contribution >= 0.6 is 11.3 Å². The molecule has 0 radical (unpaired) electrons. The van der Waals surface area contributed by atoms with Crippen LogP contribution in [0.25, 0.3) is 11.5 Å². The Morgan fingerprint density at radius 1 is 1.50 bits per heavy atom. The summed E-state index contributed by atoms with van der Waals surface area (Å²) in [6.45, 7) is 2.16. The number of carbonyl (C=O) groups excluding carboxylic acids is 1. The van der Waals surface area contributed by atoms with E-state index in [2.05, 4.69) is 25.1 Å². The Morgan fingerprint density at radius 2 is 2.36 bits per heavy atom. The summed E-state index contributed by atoms with van der Waals surface area (Å²) in [6, 6.07) is 1.95. The number of methoxy groups -OCH3 is 1. The molecule has 0 N–H and O–H groups in total. The van der Waals surface area contributed by atoms with Gasteiger partial charge in [0.25, 0.3) is 0 Å². The smallest absolute Gasteiger partial charge is 0.313 e. The molecule has 114 valence electrons. The SMILES string of the molecule is COC(=O)Cc1nnn(Cc2nc(-c3ccsc3)oc2C)n1. The molecule has 0 amide bonds. The van der Waals surface area contributed by atoms with Crippen LogP contribution in [-0.4, -0.2) is 38.3 Å². The number of esters is 1. The summed E-state index contributed by atoms with van der Waals surface area (Å²) in [7, 11) is 1.32. The highest BCUT2D eigenvalue weighted by atomic mass is 32.1. The number of oxazole rings is 1. The summed E-state index contributed by atoms with van der Waals surface area (Å²) in [5.41, 5.74) is 1.67. The van der Waals surface area contributed by atoms with Crippen LogP contribution in [0.1, 0.15) is 17.3 Å². The molecule has 0 aliphatic carbocycles. The van der Waals surface area contributed by atoms with Crippen molar-refractivity contribution >= 4 is 17.3 Å². The molecule has 0 saturated carbocycles. The zero-order valence-corrected chi connectivity index (χ0v) is 12.8. The van der Waals surface area contributed by atoms with Gasteiger partial charge in [-0.1, -0.05) is 0 Å². The van der Waals surface area contributed by atoms with E-state index >= 15 is 0 Å². The summed E-state index contributed by atoms with van der Waals surface area (Å²) in [5, 5.41) is 15.8. The van der Waals surface area contributed by atoms with E-state index in [0.29, 0.717) is 24.0 Å². The Labute approximate surface area is 129 Å². The maximum absolute atomic E-state index is 11.2. The first kappa shape index (κ1) is 14.4. The minimum atomic E-state index is -0.406. The Hall–Kier alpha value is -2.55. The van der Waals surface area contributed by atoms with Gasteiger partial charge in [0.2, 0.25) is 5.89 Å². The molecule has 0 aromatic carbocycles. The number of hydrogen-bond acceptors (Lipinski definition) is 8. The molecule has 3 rings (SSSR count). The van der Waals surface area contributed by atoms with E-state index < -0.39 is 5.97 Å². The van der Waals surface area contributed by atoms with Crippen molar-refractivity contribution in [1.82, 2.24) is 25.2 Å². The van der Waals surface area contributed by atoms with Crippen LogP contribution in [0.5, 0.6) is 0 Å². The fraction of sp³-hybridized carbons (Fsp3) is 0.308. The van der Waals surface area contributed by atoms with E-state index in [9.17, 15) is 4.79 Å². The van der Waals surface area contributed by atoms with Crippen LogP contribution in [0.3, 0.4) is 0 Å². The van der Waals surface area contributed by atoms with Gasteiger partial charge >= 0.3 is 5.97 Å². The number of nitrogens with zero attached hydrogens (tertiary/aromatic N) is 5. The molecule has 3 aromatic heterocycles. The van der Waals surface area contributed by atoms with Crippen LogP contribution < -0.4 is 0 Å². The van der Waals surface area contributed by atoms with Gasteiger partial charge in [-0.15, -0.1) is 10.2 Å². The standard InChI is InChI=1S/C13H13N5O3S/c1-8-10(14-13(21-8)9-3-4-22-7-9)6-18-16-11(15-17-18)5-12(19)20-2/h3-4,7H,5-6H2,1-2H3. The van der Waals surface area contributed by atoms with Crippen molar-refractivity contribution in [3.8, 4) is 11.5 Å². The van der Waals surface area contributed by atoms with Gasteiger partial charge in [0, 0.05) is 10.9 Å². The molecule has 8 nitrogen and oxygen atoms in total. The summed E-state index contributed by atoms with van der Waals surface area (Å²) in [5.74, 6) is 1.18. The van der Waals surface area contributed by atoms with E-state index in [0.717, 1.165) is 11.3 Å². The van der Waals surface area contributed by atoms with Gasteiger partial charge < -0.3 is 9.15 Å². The van der Waals surface area contributed by atoms with Crippen molar-refractivity contribution in [1.29, 1.82) is 0 Å². The monoisotopic (exact) mass is 319 g/mol. The molecule has 0 spiro atoms. The Kier molecular flexibility index (Phi) is 3.96. The highest BCUT2D eigenvalue weighted by Crippen LogP contribution is 2.23. The minimum absolute atomic E-state index is 0.00550. The number of ether oxygens (including phenoxy) is 1. The minimum Gasteiger partial charge on any atom is -0.469 e. The average Bonchev–Trinajstić information content (AvgIpc) is 3.22. The fourth-order valence-corrected chi connectivity index (χ4v) is 2.46. The molecule has 0 unspecified atom stereocenters. The largest absolute Gasteiger partial charge is 0.469 e. The molecule has 0 saturated heterocycles. The second kappa shape index (κ2) is 6.06. The molecule has 0 atom stereocenters. The van der Waals surface area contributed by atoms with Crippen LogP contribution in [0.2, 0.25) is 0 Å². The van der Waals surface area contributed by atoms with E-state index in [1.165, 1.54) is 11.9 Å². The fourth-order valence-electron chi connectivity index (χ4n) is 1.83. The predicted molar refractivity (Wildman–Crippen MR) is 77.2 cm³/mol. The quantitative estimate of drug-likeness (QED) is 0.657. The summed E-state index contributed by atoms with van der Waals surface area (Å²) in [6.07, 6.45) is -0.00550. The first-order valence-corrected chi connectivity index (χ1v) is 7.42. The van der Waals surface area contributed by atoms with Crippen LogP contribution in [0.15, 0.2) is 21.2 Å². The lowest BCUT2D eigenvalue weighted by molar-refractivity contribution is -0.139. The third-order valence-corrected chi connectivity index (χ3v) is 3.66. The lowest BCUT2D eigenvalue weighted by atomic mass is 10.3. The number of tetrazole rings is 1. The Bertz CT molecular complexity index is 778. The normalized spacial score (nSPS) is 10.8. The highest BCUT2D eigenvalue weighted by molar-refractivity contribution is 7.08. The first-order chi connectivity index (χ1) is 10.7. The van der Waals surface area contributed by atoms with Gasteiger partial charge in [-0.2, -0.15) is 16.1 Å². The van der Waals surface area contributed by atoms with Gasteiger partial charge in [-0.25, -0.2) is 4.98 Å². The number of hydrogen-bond donors (Lipinski definition) is 0. The number of thiophene rings is 1. The average molecular weight is 319 g/mol. The number of aromatic nitrogens is 5. The third kappa shape index (κ3) is 3.03. The zero-order chi connectivity index (χ0) is 15.5. The van der Waals surface area contributed by atoms with Crippen molar-refractivity contribution < 1.29 is 13.9 Å². The third-order valence-electron chi connectivity index (χ3n) is 2.98. The molecule has 0 aliphatic rings. The lowest BCUT2D eigenvalue weighted by Crippen LogP contribution is -2.08.